The van der Waals surface area contributed by atoms with Gasteiger partial charge in [-0.05, 0) is 44.7 Å². The SMILES string of the molecule is CCNC(=NCCCCN1C(=O)c2ccccc2C1=O)NC1CC=CC1.I. The number of imide groups is 1. The van der Waals surface area contributed by atoms with Crippen LogP contribution in [0.5, 0.6) is 0 Å². The van der Waals surface area contributed by atoms with Crippen molar-refractivity contribution in [2.45, 2.75) is 38.6 Å². The third kappa shape index (κ3) is 5.31. The topological polar surface area (TPSA) is 73.8 Å². The zero-order chi connectivity index (χ0) is 18.4. The monoisotopic (exact) mass is 482 g/mol. The first-order valence-corrected chi connectivity index (χ1v) is 9.35. The van der Waals surface area contributed by atoms with E-state index in [-0.39, 0.29) is 35.8 Å². The van der Waals surface area contributed by atoms with E-state index < -0.39 is 0 Å². The fourth-order valence-electron chi connectivity index (χ4n) is 3.26. The summed E-state index contributed by atoms with van der Waals surface area (Å²) in [5.74, 6) is 0.470. The fraction of sp³-hybridized carbons (Fsp3) is 0.450. The Morgan fingerprint density at radius 2 is 1.74 bits per heavy atom. The van der Waals surface area contributed by atoms with Crippen LogP contribution < -0.4 is 10.6 Å². The maximum atomic E-state index is 12.3. The number of guanidine groups is 1. The van der Waals surface area contributed by atoms with E-state index in [0.717, 1.165) is 38.2 Å². The number of benzene rings is 1. The summed E-state index contributed by atoms with van der Waals surface area (Å²) in [5, 5.41) is 6.69. The summed E-state index contributed by atoms with van der Waals surface area (Å²) in [6.07, 6.45) is 8.01. The van der Waals surface area contributed by atoms with Crippen LogP contribution in [0.2, 0.25) is 0 Å². The molecule has 0 saturated carbocycles. The van der Waals surface area contributed by atoms with Crippen LogP contribution in [0.1, 0.15) is 53.3 Å². The predicted octanol–water partition coefficient (Wildman–Crippen LogP) is 2.95. The lowest BCUT2D eigenvalue weighted by atomic mass is 10.1. The molecule has 6 nitrogen and oxygen atoms in total. The van der Waals surface area contributed by atoms with E-state index in [1.54, 1.807) is 24.3 Å². The van der Waals surface area contributed by atoms with Crippen LogP contribution in [0.3, 0.4) is 0 Å². The molecule has 0 bridgehead atoms. The molecule has 2 N–H and O–H groups in total. The number of aliphatic imine (C=N–C) groups is 1. The van der Waals surface area contributed by atoms with Gasteiger partial charge in [-0.2, -0.15) is 0 Å². The number of carbonyl (C=O) groups excluding carboxylic acids is 2. The van der Waals surface area contributed by atoms with Crippen LogP contribution in [0.25, 0.3) is 0 Å². The van der Waals surface area contributed by atoms with Gasteiger partial charge in [0, 0.05) is 25.7 Å². The standard InChI is InChI=1S/C20H26N4O2.HI/c1-2-21-20(23-15-9-3-4-10-15)22-13-7-8-14-24-18(25)16-11-5-6-12-17(16)19(24)26;/h3-6,11-12,15H,2,7-10,13-14H2,1H3,(H2,21,22,23);1H. The number of nitrogens with zero attached hydrogens (tertiary/aromatic N) is 2. The summed E-state index contributed by atoms with van der Waals surface area (Å²) in [5.41, 5.74) is 1.03. The summed E-state index contributed by atoms with van der Waals surface area (Å²) in [4.78, 5) is 30.6. The van der Waals surface area contributed by atoms with E-state index in [2.05, 4.69) is 27.8 Å². The highest BCUT2D eigenvalue weighted by Crippen LogP contribution is 2.22. The average Bonchev–Trinajstić information content (AvgIpc) is 3.24. The molecular formula is C20H27IN4O2. The second-order valence-corrected chi connectivity index (χ2v) is 6.56. The molecule has 2 aliphatic rings. The number of amides is 2. The van der Waals surface area contributed by atoms with Crippen molar-refractivity contribution in [3.8, 4) is 0 Å². The van der Waals surface area contributed by atoms with Crippen molar-refractivity contribution in [2.24, 2.45) is 4.99 Å². The molecule has 7 heteroatoms. The third-order valence-corrected chi connectivity index (χ3v) is 4.63. The highest BCUT2D eigenvalue weighted by molar-refractivity contribution is 14.0. The summed E-state index contributed by atoms with van der Waals surface area (Å²) in [6, 6.07) is 7.43. The lowest BCUT2D eigenvalue weighted by Gasteiger charge is -2.17. The molecule has 3 rings (SSSR count). The Balaban J connectivity index is 0.00000261. The van der Waals surface area contributed by atoms with E-state index in [0.29, 0.717) is 30.3 Å². The second kappa shape index (κ2) is 10.4. The fourth-order valence-corrected chi connectivity index (χ4v) is 3.26. The Hall–Kier alpha value is -1.90. The quantitative estimate of drug-likeness (QED) is 0.157. The van der Waals surface area contributed by atoms with Gasteiger partial charge in [0.05, 0.1) is 11.1 Å². The van der Waals surface area contributed by atoms with Gasteiger partial charge in [0.2, 0.25) is 0 Å². The highest BCUT2D eigenvalue weighted by Gasteiger charge is 2.34. The molecule has 2 amide bonds. The van der Waals surface area contributed by atoms with Gasteiger partial charge in [-0.25, -0.2) is 0 Å². The number of unbranched alkanes of at least 4 members (excludes halogenated alkanes) is 1. The third-order valence-electron chi connectivity index (χ3n) is 4.63. The lowest BCUT2D eigenvalue weighted by Crippen LogP contribution is -2.42. The molecule has 146 valence electrons. The Morgan fingerprint density at radius 1 is 1.11 bits per heavy atom. The Bertz CT molecular complexity index is 689. The van der Waals surface area contributed by atoms with E-state index in [4.69, 9.17) is 0 Å². The molecule has 1 aromatic rings. The van der Waals surface area contributed by atoms with Crippen LogP contribution in [-0.4, -0.2) is 48.3 Å². The number of hydrogen-bond acceptors (Lipinski definition) is 3. The number of halogens is 1. The van der Waals surface area contributed by atoms with E-state index in [1.807, 2.05) is 6.92 Å². The van der Waals surface area contributed by atoms with E-state index in [1.165, 1.54) is 4.90 Å². The first-order valence-electron chi connectivity index (χ1n) is 9.35. The zero-order valence-electron chi connectivity index (χ0n) is 15.6. The Labute approximate surface area is 177 Å². The maximum Gasteiger partial charge on any atom is 0.261 e. The molecule has 0 aromatic heterocycles. The number of fused-ring (bicyclic) bond motifs is 1. The van der Waals surface area contributed by atoms with Gasteiger partial charge in [-0.3, -0.25) is 19.5 Å². The van der Waals surface area contributed by atoms with Crippen LogP contribution in [0, 0.1) is 0 Å². The first kappa shape index (κ1) is 21.4. The maximum absolute atomic E-state index is 12.3. The number of rotatable bonds is 7. The molecule has 0 saturated heterocycles. The molecule has 1 heterocycles. The van der Waals surface area contributed by atoms with Crippen molar-refractivity contribution in [3.05, 3.63) is 47.5 Å². The normalized spacial score (nSPS) is 16.5. The van der Waals surface area contributed by atoms with Gasteiger partial charge in [0.25, 0.3) is 11.8 Å². The molecule has 0 fully saturated rings. The minimum Gasteiger partial charge on any atom is -0.357 e. The minimum absolute atomic E-state index is 0. The van der Waals surface area contributed by atoms with Crippen molar-refractivity contribution in [3.63, 3.8) is 0 Å². The second-order valence-electron chi connectivity index (χ2n) is 6.56. The van der Waals surface area contributed by atoms with Crippen molar-refractivity contribution in [2.75, 3.05) is 19.6 Å². The van der Waals surface area contributed by atoms with Crippen LogP contribution in [-0.2, 0) is 0 Å². The van der Waals surface area contributed by atoms with Crippen molar-refractivity contribution >= 4 is 41.8 Å². The summed E-state index contributed by atoms with van der Waals surface area (Å²) >= 11 is 0. The van der Waals surface area contributed by atoms with Gasteiger partial charge >= 0.3 is 0 Å². The summed E-state index contributed by atoms with van der Waals surface area (Å²) in [6.45, 7) is 3.98. The van der Waals surface area contributed by atoms with Crippen LogP contribution in [0.15, 0.2) is 41.4 Å². The molecule has 1 aliphatic carbocycles. The first-order chi connectivity index (χ1) is 12.7. The summed E-state index contributed by atoms with van der Waals surface area (Å²) in [7, 11) is 0. The van der Waals surface area contributed by atoms with Crippen molar-refractivity contribution in [1.29, 1.82) is 0 Å². The molecule has 0 atom stereocenters. The van der Waals surface area contributed by atoms with Gasteiger partial charge in [-0.1, -0.05) is 24.3 Å². The van der Waals surface area contributed by atoms with Gasteiger partial charge in [-0.15, -0.1) is 24.0 Å². The highest BCUT2D eigenvalue weighted by atomic mass is 127. The van der Waals surface area contributed by atoms with Crippen LogP contribution >= 0.6 is 24.0 Å². The molecular weight excluding hydrogens is 455 g/mol. The molecule has 0 spiro atoms. The molecule has 0 unspecified atom stereocenters. The Kier molecular flexibility index (Phi) is 8.27. The number of hydrogen-bond donors (Lipinski definition) is 2. The molecule has 1 aliphatic heterocycles. The Morgan fingerprint density at radius 3 is 2.33 bits per heavy atom. The molecule has 27 heavy (non-hydrogen) atoms. The minimum atomic E-state index is -0.183. The van der Waals surface area contributed by atoms with Gasteiger partial charge in [0.1, 0.15) is 0 Å². The average molecular weight is 482 g/mol. The molecule has 0 radical (unpaired) electrons. The molecule has 1 aromatic carbocycles. The largest absolute Gasteiger partial charge is 0.357 e. The number of nitrogens with one attached hydrogen (secondary N) is 2. The zero-order valence-corrected chi connectivity index (χ0v) is 17.9. The van der Waals surface area contributed by atoms with E-state index in [9.17, 15) is 9.59 Å². The van der Waals surface area contributed by atoms with Crippen molar-refractivity contribution in [1.82, 2.24) is 15.5 Å². The van der Waals surface area contributed by atoms with Gasteiger partial charge in [0.15, 0.2) is 5.96 Å². The van der Waals surface area contributed by atoms with Crippen LogP contribution in [0.4, 0.5) is 0 Å². The smallest absolute Gasteiger partial charge is 0.261 e. The van der Waals surface area contributed by atoms with E-state index >= 15 is 0 Å². The lowest BCUT2D eigenvalue weighted by molar-refractivity contribution is 0.0652. The predicted molar refractivity (Wildman–Crippen MR) is 118 cm³/mol. The van der Waals surface area contributed by atoms with Gasteiger partial charge < -0.3 is 10.6 Å². The van der Waals surface area contributed by atoms with Crippen molar-refractivity contribution < 1.29 is 9.59 Å². The summed E-state index contributed by atoms with van der Waals surface area (Å²) < 4.78 is 0. The number of carbonyl (C=O) groups is 2.